The van der Waals surface area contributed by atoms with Gasteiger partial charge in [-0.05, 0) is 48.3 Å². The lowest BCUT2D eigenvalue weighted by Crippen LogP contribution is -2.27. The number of halogens is 1. The molecule has 1 aromatic carbocycles. The van der Waals surface area contributed by atoms with Crippen LogP contribution >= 0.6 is 0 Å². The standard InChI is InChI=1S/C20H24FN5/c1-12-9-17(26-19(24-12)22-11-23-26)25-18(20(2,3)4)14-7-8-15(13-5-6-13)16(21)10-14/h7-11,13,18,25H,5-6H2,1-4H3. The van der Waals surface area contributed by atoms with Crippen LogP contribution in [0.5, 0.6) is 0 Å². The van der Waals surface area contributed by atoms with E-state index in [1.54, 1.807) is 10.6 Å². The summed E-state index contributed by atoms with van der Waals surface area (Å²) < 4.78 is 16.3. The van der Waals surface area contributed by atoms with Gasteiger partial charge in [-0.2, -0.15) is 14.6 Å². The van der Waals surface area contributed by atoms with Gasteiger partial charge in [0.15, 0.2) is 0 Å². The first-order valence-corrected chi connectivity index (χ1v) is 9.06. The van der Waals surface area contributed by atoms with E-state index in [-0.39, 0.29) is 17.3 Å². The van der Waals surface area contributed by atoms with E-state index in [0.717, 1.165) is 35.5 Å². The number of aryl methyl sites for hydroxylation is 1. The molecule has 1 unspecified atom stereocenters. The van der Waals surface area contributed by atoms with Crippen molar-refractivity contribution in [1.82, 2.24) is 19.6 Å². The van der Waals surface area contributed by atoms with Crippen LogP contribution < -0.4 is 5.32 Å². The second kappa shape index (κ2) is 6.04. The van der Waals surface area contributed by atoms with Gasteiger partial charge >= 0.3 is 0 Å². The van der Waals surface area contributed by atoms with E-state index in [1.807, 2.05) is 25.1 Å². The Bertz CT molecular complexity index is 952. The van der Waals surface area contributed by atoms with Crippen molar-refractivity contribution < 1.29 is 4.39 Å². The average molecular weight is 353 g/mol. The zero-order valence-corrected chi connectivity index (χ0v) is 15.6. The number of fused-ring (bicyclic) bond motifs is 1. The molecule has 4 rings (SSSR count). The predicted molar refractivity (Wildman–Crippen MR) is 99.7 cm³/mol. The molecule has 0 saturated heterocycles. The van der Waals surface area contributed by atoms with Gasteiger partial charge in [0.25, 0.3) is 5.78 Å². The van der Waals surface area contributed by atoms with Crippen molar-refractivity contribution in [3.63, 3.8) is 0 Å². The highest BCUT2D eigenvalue weighted by molar-refractivity contribution is 5.47. The third-order valence-electron chi connectivity index (χ3n) is 4.91. The molecule has 3 aromatic rings. The van der Waals surface area contributed by atoms with E-state index >= 15 is 0 Å². The Labute approximate surface area is 152 Å². The first-order valence-electron chi connectivity index (χ1n) is 9.06. The zero-order valence-electron chi connectivity index (χ0n) is 15.6. The highest BCUT2D eigenvalue weighted by Gasteiger charge is 2.30. The minimum absolute atomic E-state index is 0.0838. The largest absolute Gasteiger partial charge is 0.363 e. The van der Waals surface area contributed by atoms with Gasteiger partial charge in [-0.1, -0.05) is 32.9 Å². The van der Waals surface area contributed by atoms with Gasteiger partial charge < -0.3 is 5.32 Å². The van der Waals surface area contributed by atoms with Crippen LogP contribution in [0.15, 0.2) is 30.6 Å². The molecule has 0 spiro atoms. The Kier molecular flexibility index (Phi) is 3.93. The Hall–Kier alpha value is -2.50. The highest BCUT2D eigenvalue weighted by atomic mass is 19.1. The van der Waals surface area contributed by atoms with Crippen LogP contribution in [0.1, 0.15) is 62.4 Å². The van der Waals surface area contributed by atoms with E-state index in [1.165, 1.54) is 6.33 Å². The molecular formula is C20H24FN5. The molecule has 5 nitrogen and oxygen atoms in total. The van der Waals surface area contributed by atoms with E-state index in [0.29, 0.717) is 11.7 Å². The van der Waals surface area contributed by atoms with Gasteiger partial charge in [0.05, 0.1) is 6.04 Å². The number of anilines is 1. The Morgan fingerprint density at radius 3 is 2.65 bits per heavy atom. The van der Waals surface area contributed by atoms with Crippen molar-refractivity contribution in [1.29, 1.82) is 0 Å². The Morgan fingerprint density at radius 1 is 1.23 bits per heavy atom. The SMILES string of the molecule is Cc1cc(NC(c2ccc(C3CC3)c(F)c2)C(C)(C)C)n2ncnc2n1. The van der Waals surface area contributed by atoms with Crippen LogP contribution in [0.4, 0.5) is 10.2 Å². The maximum absolute atomic E-state index is 14.6. The molecule has 0 radical (unpaired) electrons. The van der Waals surface area contributed by atoms with E-state index < -0.39 is 0 Å². The molecule has 26 heavy (non-hydrogen) atoms. The second-order valence-electron chi connectivity index (χ2n) is 8.25. The summed E-state index contributed by atoms with van der Waals surface area (Å²) in [6, 6.07) is 7.54. The second-order valence-corrected chi connectivity index (χ2v) is 8.25. The van der Waals surface area contributed by atoms with Crippen molar-refractivity contribution in [2.75, 3.05) is 5.32 Å². The van der Waals surface area contributed by atoms with Gasteiger partial charge in [-0.3, -0.25) is 0 Å². The van der Waals surface area contributed by atoms with E-state index in [4.69, 9.17) is 0 Å². The third kappa shape index (κ3) is 3.16. The zero-order chi connectivity index (χ0) is 18.5. The van der Waals surface area contributed by atoms with Crippen molar-refractivity contribution in [2.45, 2.75) is 52.5 Å². The molecule has 1 N–H and O–H groups in total. The number of nitrogens with zero attached hydrogens (tertiary/aromatic N) is 4. The highest BCUT2D eigenvalue weighted by Crippen LogP contribution is 2.43. The van der Waals surface area contributed by atoms with Crippen LogP contribution in [-0.4, -0.2) is 19.6 Å². The summed E-state index contributed by atoms with van der Waals surface area (Å²) in [5.41, 5.74) is 2.51. The van der Waals surface area contributed by atoms with Crippen molar-refractivity contribution in [3.8, 4) is 0 Å². The molecule has 1 atom stereocenters. The Morgan fingerprint density at radius 2 is 2.00 bits per heavy atom. The fraction of sp³-hybridized carbons (Fsp3) is 0.450. The van der Waals surface area contributed by atoms with Gasteiger partial charge in [0, 0.05) is 11.8 Å². The van der Waals surface area contributed by atoms with Gasteiger partial charge in [-0.25, -0.2) is 9.37 Å². The van der Waals surface area contributed by atoms with Crippen molar-refractivity contribution >= 4 is 11.6 Å². The fourth-order valence-electron chi connectivity index (χ4n) is 3.43. The predicted octanol–water partition coefficient (Wildman–Crippen LogP) is 4.65. The molecule has 2 heterocycles. The first-order chi connectivity index (χ1) is 12.3. The van der Waals surface area contributed by atoms with Crippen molar-refractivity contribution in [3.05, 3.63) is 53.2 Å². The van der Waals surface area contributed by atoms with Crippen LogP contribution in [-0.2, 0) is 0 Å². The van der Waals surface area contributed by atoms with Gasteiger partial charge in [0.2, 0.25) is 0 Å². The maximum atomic E-state index is 14.6. The molecule has 1 saturated carbocycles. The summed E-state index contributed by atoms with van der Waals surface area (Å²) >= 11 is 0. The summed E-state index contributed by atoms with van der Waals surface area (Å²) in [6.07, 6.45) is 3.68. The minimum atomic E-state index is -0.127. The normalized spacial score (nSPS) is 16.0. The lowest BCUT2D eigenvalue weighted by atomic mass is 9.82. The maximum Gasteiger partial charge on any atom is 0.254 e. The Balaban J connectivity index is 1.73. The summed E-state index contributed by atoms with van der Waals surface area (Å²) in [4.78, 5) is 8.56. The molecule has 1 aliphatic carbocycles. The minimum Gasteiger partial charge on any atom is -0.363 e. The smallest absolute Gasteiger partial charge is 0.254 e. The quantitative estimate of drug-likeness (QED) is 0.742. The van der Waals surface area contributed by atoms with Crippen LogP contribution in [0.25, 0.3) is 5.78 Å². The molecule has 1 fully saturated rings. The van der Waals surface area contributed by atoms with E-state index in [2.05, 4.69) is 41.2 Å². The van der Waals surface area contributed by atoms with Crippen LogP contribution in [0, 0.1) is 18.2 Å². The number of rotatable bonds is 4. The summed E-state index contributed by atoms with van der Waals surface area (Å²) in [5, 5.41) is 7.81. The number of hydrogen-bond donors (Lipinski definition) is 1. The molecule has 2 aromatic heterocycles. The lowest BCUT2D eigenvalue weighted by molar-refractivity contribution is 0.345. The average Bonchev–Trinajstić information content (AvgIpc) is 3.28. The number of benzene rings is 1. The third-order valence-corrected chi connectivity index (χ3v) is 4.91. The molecule has 136 valence electrons. The van der Waals surface area contributed by atoms with Gasteiger partial charge in [0.1, 0.15) is 18.0 Å². The monoisotopic (exact) mass is 353 g/mol. The van der Waals surface area contributed by atoms with Gasteiger partial charge in [-0.15, -0.1) is 0 Å². The number of hydrogen-bond acceptors (Lipinski definition) is 4. The molecule has 1 aliphatic rings. The van der Waals surface area contributed by atoms with Crippen molar-refractivity contribution in [2.24, 2.45) is 5.41 Å². The topological polar surface area (TPSA) is 55.1 Å². The van der Waals surface area contributed by atoms with Crippen LogP contribution in [0.2, 0.25) is 0 Å². The molecule has 0 amide bonds. The lowest BCUT2D eigenvalue weighted by Gasteiger charge is -2.33. The molecule has 6 heteroatoms. The van der Waals surface area contributed by atoms with Crippen LogP contribution in [0.3, 0.4) is 0 Å². The molecule has 0 bridgehead atoms. The summed E-state index contributed by atoms with van der Waals surface area (Å²) in [6.45, 7) is 8.36. The summed E-state index contributed by atoms with van der Waals surface area (Å²) in [7, 11) is 0. The number of aromatic nitrogens is 4. The molecule has 0 aliphatic heterocycles. The number of nitrogens with one attached hydrogen (secondary N) is 1. The first kappa shape index (κ1) is 16.9. The van der Waals surface area contributed by atoms with E-state index in [9.17, 15) is 4.39 Å². The molecular weight excluding hydrogens is 329 g/mol. The fourth-order valence-corrected chi connectivity index (χ4v) is 3.43. The summed E-state index contributed by atoms with van der Waals surface area (Å²) in [5.74, 6) is 1.66.